The van der Waals surface area contributed by atoms with Crippen molar-refractivity contribution in [3.63, 3.8) is 0 Å². The molecule has 1 heterocycles. The zero-order valence-electron chi connectivity index (χ0n) is 7.84. The summed E-state index contributed by atoms with van der Waals surface area (Å²) >= 11 is 5.14. The molecule has 1 atom stereocenters. The van der Waals surface area contributed by atoms with Gasteiger partial charge in [-0.05, 0) is 42.0 Å². The Morgan fingerprint density at radius 3 is 2.92 bits per heavy atom. The van der Waals surface area contributed by atoms with Crippen LogP contribution in [-0.4, -0.2) is 19.7 Å². The summed E-state index contributed by atoms with van der Waals surface area (Å²) in [5, 5.41) is 3.08. The smallest absolute Gasteiger partial charge is 0.0814 e. The number of thiophene rings is 1. The molecule has 1 rings (SSSR count). The Labute approximate surface area is 91.4 Å². The zero-order valence-corrected chi connectivity index (χ0v) is 10.2. The first kappa shape index (κ1) is 11.2. The highest BCUT2D eigenvalue weighted by molar-refractivity contribution is 9.11. The number of hydrogen-bond acceptors (Lipinski definition) is 3. The van der Waals surface area contributed by atoms with Gasteiger partial charge < -0.3 is 10.1 Å². The van der Waals surface area contributed by atoms with Crippen LogP contribution in [0.5, 0.6) is 0 Å². The number of halogens is 1. The maximum absolute atomic E-state index is 5.61. The van der Waals surface area contributed by atoms with Gasteiger partial charge in [-0.1, -0.05) is 0 Å². The van der Waals surface area contributed by atoms with E-state index in [0.717, 1.165) is 10.3 Å². The van der Waals surface area contributed by atoms with Gasteiger partial charge in [-0.25, -0.2) is 0 Å². The van der Waals surface area contributed by atoms with Crippen LogP contribution in [-0.2, 0) is 11.3 Å². The quantitative estimate of drug-likeness (QED) is 0.882. The van der Waals surface area contributed by atoms with Gasteiger partial charge in [-0.2, -0.15) is 0 Å². The van der Waals surface area contributed by atoms with E-state index in [0.29, 0.717) is 6.61 Å². The summed E-state index contributed by atoms with van der Waals surface area (Å²) in [7, 11) is 1.93. The summed E-state index contributed by atoms with van der Waals surface area (Å²) in [6.45, 7) is 3.67. The maximum atomic E-state index is 5.61. The molecular weight excluding hydrogens is 250 g/mol. The van der Waals surface area contributed by atoms with Gasteiger partial charge >= 0.3 is 0 Å². The van der Waals surface area contributed by atoms with Crippen LogP contribution in [0.1, 0.15) is 11.8 Å². The topological polar surface area (TPSA) is 21.3 Å². The van der Waals surface area contributed by atoms with Crippen LogP contribution < -0.4 is 5.32 Å². The van der Waals surface area contributed by atoms with Gasteiger partial charge in [0.1, 0.15) is 0 Å². The van der Waals surface area contributed by atoms with Crippen molar-refractivity contribution in [2.75, 3.05) is 13.6 Å². The average Bonchev–Trinajstić information content (AvgIpc) is 2.49. The molecule has 0 aromatic carbocycles. The van der Waals surface area contributed by atoms with Crippen LogP contribution >= 0.6 is 27.3 Å². The molecule has 0 fully saturated rings. The second kappa shape index (κ2) is 5.75. The van der Waals surface area contributed by atoms with E-state index in [1.54, 1.807) is 11.3 Å². The molecule has 74 valence electrons. The molecule has 1 N–H and O–H groups in total. The van der Waals surface area contributed by atoms with Gasteiger partial charge in [0.15, 0.2) is 0 Å². The Bertz CT molecular complexity index is 252. The second-order valence-corrected chi connectivity index (χ2v) is 5.43. The average molecular weight is 264 g/mol. The predicted octanol–water partition coefficient (Wildman–Crippen LogP) is 2.64. The number of ether oxygens (including phenoxy) is 1. The van der Waals surface area contributed by atoms with Gasteiger partial charge in [0.05, 0.1) is 16.5 Å². The van der Waals surface area contributed by atoms with Crippen LogP contribution in [0.15, 0.2) is 15.9 Å². The molecule has 1 aromatic rings. The number of hydrogen-bond donors (Lipinski definition) is 1. The lowest BCUT2D eigenvalue weighted by Gasteiger charge is -2.10. The summed E-state index contributed by atoms with van der Waals surface area (Å²) in [6, 6.07) is 4.13. The third-order valence-electron chi connectivity index (χ3n) is 1.63. The minimum absolute atomic E-state index is 0.269. The molecule has 0 aliphatic heterocycles. The van der Waals surface area contributed by atoms with Gasteiger partial charge in [0, 0.05) is 11.4 Å². The Morgan fingerprint density at radius 1 is 1.62 bits per heavy atom. The lowest BCUT2D eigenvalue weighted by Crippen LogP contribution is -2.23. The fourth-order valence-corrected chi connectivity index (χ4v) is 2.41. The van der Waals surface area contributed by atoms with Crippen molar-refractivity contribution in [2.45, 2.75) is 19.6 Å². The van der Waals surface area contributed by atoms with Gasteiger partial charge in [0.25, 0.3) is 0 Å². The molecule has 0 spiro atoms. The van der Waals surface area contributed by atoms with Crippen molar-refractivity contribution in [1.82, 2.24) is 5.32 Å². The molecule has 1 unspecified atom stereocenters. The molecule has 2 nitrogen and oxygen atoms in total. The monoisotopic (exact) mass is 263 g/mol. The van der Waals surface area contributed by atoms with E-state index in [1.807, 2.05) is 13.1 Å². The summed E-state index contributed by atoms with van der Waals surface area (Å²) in [4.78, 5) is 1.26. The van der Waals surface area contributed by atoms with E-state index >= 15 is 0 Å². The fourth-order valence-electron chi connectivity index (χ4n) is 1.00. The van der Waals surface area contributed by atoms with Crippen molar-refractivity contribution in [2.24, 2.45) is 0 Å². The largest absolute Gasteiger partial charge is 0.372 e. The van der Waals surface area contributed by atoms with E-state index in [1.165, 1.54) is 4.88 Å². The van der Waals surface area contributed by atoms with Crippen LogP contribution in [0.2, 0.25) is 0 Å². The lowest BCUT2D eigenvalue weighted by atomic mass is 10.4. The number of rotatable bonds is 5. The molecule has 0 saturated heterocycles. The van der Waals surface area contributed by atoms with Gasteiger partial charge in [0.2, 0.25) is 0 Å². The van der Waals surface area contributed by atoms with Crippen LogP contribution in [0.4, 0.5) is 0 Å². The lowest BCUT2D eigenvalue weighted by molar-refractivity contribution is 0.0561. The summed E-state index contributed by atoms with van der Waals surface area (Å²) in [5.41, 5.74) is 0. The predicted molar refractivity (Wildman–Crippen MR) is 60.2 cm³/mol. The van der Waals surface area contributed by atoms with E-state index in [-0.39, 0.29) is 6.10 Å². The Balaban J connectivity index is 2.26. The minimum Gasteiger partial charge on any atom is -0.372 e. The maximum Gasteiger partial charge on any atom is 0.0814 e. The molecule has 0 bridgehead atoms. The van der Waals surface area contributed by atoms with Crippen LogP contribution in [0, 0.1) is 0 Å². The van der Waals surface area contributed by atoms with Crippen molar-refractivity contribution in [1.29, 1.82) is 0 Å². The molecule has 0 aliphatic rings. The summed E-state index contributed by atoms with van der Waals surface area (Å²) < 4.78 is 6.77. The SMILES string of the molecule is CNCC(C)OCc1ccc(Br)s1. The Morgan fingerprint density at radius 2 is 2.38 bits per heavy atom. The number of nitrogens with one attached hydrogen (secondary N) is 1. The van der Waals surface area contributed by atoms with E-state index < -0.39 is 0 Å². The first-order valence-electron chi connectivity index (χ1n) is 4.22. The van der Waals surface area contributed by atoms with Crippen LogP contribution in [0.25, 0.3) is 0 Å². The van der Waals surface area contributed by atoms with Crippen molar-refractivity contribution in [3.05, 3.63) is 20.8 Å². The highest BCUT2D eigenvalue weighted by Gasteiger charge is 2.02. The highest BCUT2D eigenvalue weighted by Crippen LogP contribution is 2.22. The zero-order chi connectivity index (χ0) is 9.68. The van der Waals surface area contributed by atoms with Crippen LogP contribution in [0.3, 0.4) is 0 Å². The highest BCUT2D eigenvalue weighted by atomic mass is 79.9. The molecule has 1 aromatic heterocycles. The summed E-state index contributed by atoms with van der Waals surface area (Å²) in [5.74, 6) is 0. The molecule has 0 amide bonds. The Hall–Kier alpha value is 0.1000. The van der Waals surface area contributed by atoms with Crippen molar-refractivity contribution < 1.29 is 4.74 Å². The van der Waals surface area contributed by atoms with E-state index in [4.69, 9.17) is 4.74 Å². The molecule has 0 aliphatic carbocycles. The normalized spacial score (nSPS) is 13.2. The van der Waals surface area contributed by atoms with Gasteiger partial charge in [-0.15, -0.1) is 11.3 Å². The Kier molecular flexibility index (Phi) is 4.94. The third-order valence-corrected chi connectivity index (χ3v) is 3.23. The molecule has 13 heavy (non-hydrogen) atoms. The standard InChI is InChI=1S/C9H14BrNOS/c1-7(5-11-2)12-6-8-3-4-9(10)13-8/h3-4,7,11H,5-6H2,1-2H3. The molecule has 0 saturated carbocycles. The fraction of sp³-hybridized carbons (Fsp3) is 0.556. The third kappa shape index (κ3) is 4.22. The summed E-state index contributed by atoms with van der Waals surface area (Å²) in [6.07, 6.45) is 0.269. The first-order chi connectivity index (χ1) is 6.22. The van der Waals surface area contributed by atoms with Crippen molar-refractivity contribution >= 4 is 27.3 Å². The van der Waals surface area contributed by atoms with Gasteiger partial charge in [-0.3, -0.25) is 0 Å². The first-order valence-corrected chi connectivity index (χ1v) is 5.83. The minimum atomic E-state index is 0.269. The molecule has 0 radical (unpaired) electrons. The molecule has 4 heteroatoms. The second-order valence-electron chi connectivity index (χ2n) is 2.89. The number of likely N-dealkylation sites (N-methyl/N-ethyl adjacent to an activating group) is 1. The molecular formula is C9H14BrNOS. The van der Waals surface area contributed by atoms with Crippen molar-refractivity contribution in [3.8, 4) is 0 Å². The van der Waals surface area contributed by atoms with E-state index in [9.17, 15) is 0 Å². The van der Waals surface area contributed by atoms with E-state index in [2.05, 4.69) is 34.2 Å².